The van der Waals surface area contributed by atoms with E-state index in [1.54, 1.807) is 7.11 Å². The van der Waals surface area contributed by atoms with Gasteiger partial charge in [0.2, 0.25) is 0 Å². The Bertz CT molecular complexity index is 1350. The van der Waals surface area contributed by atoms with Crippen LogP contribution in [0.15, 0.2) is 84.9 Å². The van der Waals surface area contributed by atoms with Crippen LogP contribution in [0.5, 0.6) is 5.75 Å². The molecule has 0 fully saturated rings. The van der Waals surface area contributed by atoms with Crippen LogP contribution in [0.1, 0.15) is 22.6 Å². The Morgan fingerprint density at radius 3 is 2.27 bits per heavy atom. The summed E-state index contributed by atoms with van der Waals surface area (Å²) in [4.78, 5) is 12.3. The molecular weight excluding hydrogens is 410 g/mol. The van der Waals surface area contributed by atoms with E-state index < -0.39 is 6.09 Å². The maximum absolute atomic E-state index is 12.3. The number of amides is 1. The summed E-state index contributed by atoms with van der Waals surface area (Å²) >= 11 is 0. The third-order valence-corrected chi connectivity index (χ3v) is 5.94. The van der Waals surface area contributed by atoms with Crippen LogP contribution in [0.4, 0.5) is 4.79 Å². The Morgan fingerprint density at radius 1 is 0.879 bits per heavy atom. The van der Waals surface area contributed by atoms with Gasteiger partial charge in [0.25, 0.3) is 0 Å². The van der Waals surface area contributed by atoms with Gasteiger partial charge in [-0.25, -0.2) is 4.79 Å². The number of carbonyl (C=O) groups excluding carboxylic acids is 1. The topological polar surface area (TPSA) is 47.6 Å². The minimum atomic E-state index is -0.461. The van der Waals surface area contributed by atoms with E-state index >= 15 is 0 Å². The highest BCUT2D eigenvalue weighted by Gasteiger charge is 2.28. The van der Waals surface area contributed by atoms with Crippen LogP contribution < -0.4 is 10.1 Å². The van der Waals surface area contributed by atoms with Crippen molar-refractivity contribution in [3.63, 3.8) is 0 Å². The SMILES string of the molecule is COc1ccc2cc(C#CCNC(=O)OCC3c4ccccc4-c4ccccc43)ccc2c1. The fourth-order valence-corrected chi connectivity index (χ4v) is 4.34. The number of hydrogen-bond acceptors (Lipinski definition) is 3. The standard InChI is InChI=1S/C29H23NO3/c1-32-23-15-14-21-17-20(12-13-22(21)18-23)7-6-16-30-29(31)33-19-28-26-10-4-2-8-24(26)25-9-3-5-11-27(25)28/h2-5,8-15,17-18,28H,16,19H2,1H3,(H,30,31). The van der Waals surface area contributed by atoms with Gasteiger partial charge in [0.15, 0.2) is 0 Å². The number of hydrogen-bond donors (Lipinski definition) is 1. The fourth-order valence-electron chi connectivity index (χ4n) is 4.34. The van der Waals surface area contributed by atoms with Gasteiger partial charge in [0.05, 0.1) is 13.7 Å². The Morgan fingerprint density at radius 2 is 1.55 bits per heavy atom. The molecule has 0 unspecified atom stereocenters. The Labute approximate surface area is 193 Å². The summed E-state index contributed by atoms with van der Waals surface area (Å²) in [6, 6.07) is 28.5. The maximum Gasteiger partial charge on any atom is 0.407 e. The molecule has 0 atom stereocenters. The van der Waals surface area contributed by atoms with Crippen molar-refractivity contribution in [1.82, 2.24) is 5.32 Å². The summed E-state index contributed by atoms with van der Waals surface area (Å²) in [5, 5.41) is 4.91. The summed E-state index contributed by atoms with van der Waals surface area (Å²) in [5.41, 5.74) is 5.70. The average Bonchev–Trinajstić information content (AvgIpc) is 3.18. The molecule has 1 aliphatic carbocycles. The van der Waals surface area contributed by atoms with Crippen molar-refractivity contribution in [2.45, 2.75) is 5.92 Å². The first-order valence-electron chi connectivity index (χ1n) is 10.9. The molecule has 0 saturated carbocycles. The third kappa shape index (κ3) is 4.26. The Hall–Kier alpha value is -4.23. The lowest BCUT2D eigenvalue weighted by atomic mass is 9.98. The second-order valence-corrected chi connectivity index (χ2v) is 7.91. The largest absolute Gasteiger partial charge is 0.497 e. The maximum atomic E-state index is 12.3. The van der Waals surface area contributed by atoms with Crippen LogP contribution in [-0.4, -0.2) is 26.4 Å². The minimum absolute atomic E-state index is 0.0467. The molecule has 4 heteroatoms. The highest BCUT2D eigenvalue weighted by Crippen LogP contribution is 2.44. The number of rotatable bonds is 4. The van der Waals surface area contributed by atoms with E-state index in [2.05, 4.69) is 41.4 Å². The molecule has 0 aliphatic heterocycles. The lowest BCUT2D eigenvalue weighted by molar-refractivity contribution is 0.144. The average molecular weight is 434 g/mol. The molecule has 4 aromatic rings. The lowest BCUT2D eigenvalue weighted by Gasteiger charge is -2.14. The molecule has 0 aromatic heterocycles. The zero-order valence-electron chi connectivity index (χ0n) is 18.3. The van der Waals surface area contributed by atoms with Gasteiger partial charge >= 0.3 is 6.09 Å². The third-order valence-electron chi connectivity index (χ3n) is 5.94. The molecule has 1 aliphatic rings. The molecule has 0 saturated heterocycles. The van der Waals surface area contributed by atoms with Crippen molar-refractivity contribution >= 4 is 16.9 Å². The first-order chi connectivity index (χ1) is 16.2. The van der Waals surface area contributed by atoms with E-state index in [1.165, 1.54) is 22.3 Å². The first kappa shape index (κ1) is 20.7. The van der Waals surface area contributed by atoms with Crippen LogP contribution in [-0.2, 0) is 4.74 Å². The van der Waals surface area contributed by atoms with Crippen LogP contribution in [0.3, 0.4) is 0 Å². The quantitative estimate of drug-likeness (QED) is 0.418. The van der Waals surface area contributed by atoms with Crippen molar-refractivity contribution in [1.29, 1.82) is 0 Å². The second kappa shape index (κ2) is 9.10. The van der Waals surface area contributed by atoms with Gasteiger partial charge in [0, 0.05) is 11.5 Å². The molecular formula is C29H23NO3. The number of ether oxygens (including phenoxy) is 2. The lowest BCUT2D eigenvalue weighted by Crippen LogP contribution is -2.26. The molecule has 0 heterocycles. The van der Waals surface area contributed by atoms with E-state index in [0.717, 1.165) is 22.1 Å². The zero-order valence-corrected chi connectivity index (χ0v) is 18.3. The molecule has 162 valence electrons. The molecule has 1 N–H and O–H groups in total. The number of alkyl carbamates (subject to hydrolysis) is 1. The fraction of sp³-hybridized carbons (Fsp3) is 0.138. The molecule has 0 spiro atoms. The van der Waals surface area contributed by atoms with Crippen LogP contribution >= 0.6 is 0 Å². The van der Waals surface area contributed by atoms with Crippen LogP contribution in [0.25, 0.3) is 21.9 Å². The number of benzene rings is 4. The van der Waals surface area contributed by atoms with Crippen molar-refractivity contribution in [2.75, 3.05) is 20.3 Å². The van der Waals surface area contributed by atoms with Gasteiger partial charge in [-0.05, 0) is 57.3 Å². The zero-order chi connectivity index (χ0) is 22.6. The Balaban J connectivity index is 1.18. The van der Waals surface area contributed by atoms with E-state index in [0.29, 0.717) is 6.61 Å². The molecule has 33 heavy (non-hydrogen) atoms. The smallest absolute Gasteiger partial charge is 0.407 e. The molecule has 4 aromatic carbocycles. The van der Waals surface area contributed by atoms with Gasteiger partial charge in [-0.2, -0.15) is 0 Å². The molecule has 0 bridgehead atoms. The highest BCUT2D eigenvalue weighted by atomic mass is 16.5. The minimum Gasteiger partial charge on any atom is -0.497 e. The van der Waals surface area contributed by atoms with E-state index in [9.17, 15) is 4.79 Å². The van der Waals surface area contributed by atoms with Gasteiger partial charge in [-0.1, -0.05) is 72.5 Å². The normalized spacial score (nSPS) is 11.8. The molecule has 4 nitrogen and oxygen atoms in total. The van der Waals surface area contributed by atoms with Crippen molar-refractivity contribution in [3.8, 4) is 28.7 Å². The van der Waals surface area contributed by atoms with Gasteiger partial charge in [0.1, 0.15) is 12.4 Å². The van der Waals surface area contributed by atoms with Gasteiger partial charge < -0.3 is 14.8 Å². The summed E-state index contributed by atoms with van der Waals surface area (Å²) in [5.74, 6) is 6.96. The summed E-state index contributed by atoms with van der Waals surface area (Å²) < 4.78 is 10.8. The Kier molecular flexibility index (Phi) is 5.70. The summed E-state index contributed by atoms with van der Waals surface area (Å²) in [7, 11) is 1.66. The molecule has 1 amide bonds. The van der Waals surface area contributed by atoms with Crippen molar-refractivity contribution < 1.29 is 14.3 Å². The first-order valence-corrected chi connectivity index (χ1v) is 10.9. The molecule has 0 radical (unpaired) electrons. The number of carbonyl (C=O) groups is 1. The monoisotopic (exact) mass is 433 g/mol. The van der Waals surface area contributed by atoms with E-state index in [1.807, 2.05) is 60.7 Å². The van der Waals surface area contributed by atoms with Crippen LogP contribution in [0, 0.1) is 11.8 Å². The number of fused-ring (bicyclic) bond motifs is 4. The van der Waals surface area contributed by atoms with E-state index in [4.69, 9.17) is 9.47 Å². The predicted molar refractivity (Wildman–Crippen MR) is 130 cm³/mol. The number of nitrogens with one attached hydrogen (secondary N) is 1. The van der Waals surface area contributed by atoms with E-state index in [-0.39, 0.29) is 12.5 Å². The highest BCUT2D eigenvalue weighted by molar-refractivity contribution is 5.85. The van der Waals surface area contributed by atoms with Gasteiger partial charge in [-0.15, -0.1) is 0 Å². The summed E-state index contributed by atoms with van der Waals surface area (Å²) in [6.45, 7) is 0.513. The van der Waals surface area contributed by atoms with Crippen molar-refractivity contribution in [3.05, 3.63) is 102 Å². The van der Waals surface area contributed by atoms with Crippen molar-refractivity contribution in [2.24, 2.45) is 0 Å². The second-order valence-electron chi connectivity index (χ2n) is 7.91. The molecule has 5 rings (SSSR count). The summed E-state index contributed by atoms with van der Waals surface area (Å²) in [6.07, 6.45) is -0.461. The van der Waals surface area contributed by atoms with Crippen LogP contribution in [0.2, 0.25) is 0 Å². The number of methoxy groups -OCH3 is 1. The predicted octanol–water partition coefficient (Wildman–Crippen LogP) is 5.74. The van der Waals surface area contributed by atoms with Gasteiger partial charge in [-0.3, -0.25) is 0 Å².